The maximum atomic E-state index is 12.1. The van der Waals surface area contributed by atoms with Gasteiger partial charge in [-0.05, 0) is 32.0 Å². The first kappa shape index (κ1) is 17.4. The Morgan fingerprint density at radius 1 is 1.22 bits per heavy atom. The van der Waals surface area contributed by atoms with E-state index in [9.17, 15) is 9.59 Å². The molecule has 1 N–H and O–H groups in total. The van der Waals surface area contributed by atoms with Gasteiger partial charge in [-0.3, -0.25) is 4.79 Å². The van der Waals surface area contributed by atoms with Gasteiger partial charge in [0.25, 0.3) is 5.91 Å². The highest BCUT2D eigenvalue weighted by atomic mass is 35.5. The fourth-order valence-corrected chi connectivity index (χ4v) is 2.27. The monoisotopic (exact) mass is 354 g/mol. The summed E-state index contributed by atoms with van der Waals surface area (Å²) in [5, 5.41) is 3.16. The number of carbonyl (C=O) groups excluding carboxylic acids is 2. The molecule has 1 aromatic carbocycles. The molecule has 7 heteroatoms. The van der Waals surface area contributed by atoms with Crippen LogP contribution < -0.4 is 5.32 Å². The standard InChI is InChI=1S/C16H16Cl2N2O3/c1-9-4-6-11(7-5-9)19-15(21)10(2)23-16(22)13-8-12(17)14(18)20(13)3/h4-8,10H,1-3H3,(H,19,21)/t10-/m1/s1. The molecule has 0 bridgehead atoms. The summed E-state index contributed by atoms with van der Waals surface area (Å²) < 4.78 is 6.55. The van der Waals surface area contributed by atoms with Crippen molar-refractivity contribution in [3.8, 4) is 0 Å². The molecule has 1 amide bonds. The largest absolute Gasteiger partial charge is 0.448 e. The number of ether oxygens (including phenoxy) is 1. The fourth-order valence-electron chi connectivity index (χ4n) is 1.89. The number of esters is 1. The summed E-state index contributed by atoms with van der Waals surface area (Å²) in [7, 11) is 1.59. The Balaban J connectivity index is 2.01. The minimum Gasteiger partial charge on any atom is -0.448 e. The number of aryl methyl sites for hydroxylation is 1. The molecule has 1 atom stereocenters. The molecule has 0 radical (unpaired) electrons. The lowest BCUT2D eigenvalue weighted by molar-refractivity contribution is -0.123. The number of hydrogen-bond donors (Lipinski definition) is 1. The number of nitrogens with zero attached hydrogens (tertiary/aromatic N) is 1. The molecular formula is C16H16Cl2N2O3. The average Bonchev–Trinajstić information content (AvgIpc) is 2.77. The third-order valence-electron chi connectivity index (χ3n) is 3.30. The summed E-state index contributed by atoms with van der Waals surface area (Å²) in [6.07, 6.45) is -0.962. The van der Waals surface area contributed by atoms with E-state index in [1.807, 2.05) is 19.1 Å². The van der Waals surface area contributed by atoms with Gasteiger partial charge in [-0.2, -0.15) is 0 Å². The Hall–Kier alpha value is -1.98. The number of anilines is 1. The second kappa shape index (κ2) is 7.06. The predicted molar refractivity (Wildman–Crippen MR) is 90.1 cm³/mol. The Bertz CT molecular complexity index is 739. The molecule has 5 nitrogen and oxygen atoms in total. The maximum absolute atomic E-state index is 12.1. The zero-order valence-corrected chi connectivity index (χ0v) is 14.4. The highest BCUT2D eigenvalue weighted by Gasteiger charge is 2.22. The van der Waals surface area contributed by atoms with Crippen LogP contribution in [-0.2, 0) is 16.6 Å². The molecular weight excluding hydrogens is 339 g/mol. The van der Waals surface area contributed by atoms with Gasteiger partial charge in [-0.25, -0.2) is 4.79 Å². The second-order valence-electron chi connectivity index (χ2n) is 5.13. The number of hydrogen-bond acceptors (Lipinski definition) is 3. The number of nitrogens with one attached hydrogen (secondary N) is 1. The van der Waals surface area contributed by atoms with Gasteiger partial charge in [0.15, 0.2) is 6.10 Å². The Morgan fingerprint density at radius 3 is 2.35 bits per heavy atom. The quantitative estimate of drug-likeness (QED) is 0.848. The molecule has 1 heterocycles. The van der Waals surface area contributed by atoms with Gasteiger partial charge < -0.3 is 14.6 Å². The van der Waals surface area contributed by atoms with Crippen molar-refractivity contribution in [1.82, 2.24) is 4.57 Å². The van der Waals surface area contributed by atoms with E-state index < -0.39 is 18.0 Å². The number of benzene rings is 1. The van der Waals surface area contributed by atoms with E-state index in [1.54, 1.807) is 19.2 Å². The zero-order valence-electron chi connectivity index (χ0n) is 12.9. The lowest BCUT2D eigenvalue weighted by Gasteiger charge is -2.14. The van der Waals surface area contributed by atoms with Crippen molar-refractivity contribution in [3.05, 3.63) is 51.8 Å². The van der Waals surface area contributed by atoms with E-state index in [0.717, 1.165) is 5.56 Å². The van der Waals surface area contributed by atoms with Gasteiger partial charge >= 0.3 is 5.97 Å². The lowest BCUT2D eigenvalue weighted by Crippen LogP contribution is -2.30. The first-order valence-corrected chi connectivity index (χ1v) is 7.64. The molecule has 0 aliphatic rings. The molecule has 0 unspecified atom stereocenters. The van der Waals surface area contributed by atoms with E-state index in [2.05, 4.69) is 5.32 Å². The van der Waals surface area contributed by atoms with Crippen LogP contribution in [0.2, 0.25) is 10.2 Å². The van der Waals surface area contributed by atoms with Crippen LogP contribution in [0.5, 0.6) is 0 Å². The predicted octanol–water partition coefficient (Wildman–Crippen LogP) is 3.82. The summed E-state index contributed by atoms with van der Waals surface area (Å²) in [5.41, 5.74) is 1.89. The van der Waals surface area contributed by atoms with Crippen molar-refractivity contribution in [1.29, 1.82) is 0 Å². The van der Waals surface area contributed by atoms with Gasteiger partial charge in [-0.1, -0.05) is 40.9 Å². The molecule has 122 valence electrons. The van der Waals surface area contributed by atoms with Crippen LogP contribution >= 0.6 is 23.2 Å². The molecule has 0 aliphatic heterocycles. The number of rotatable bonds is 4. The van der Waals surface area contributed by atoms with Gasteiger partial charge in [0.2, 0.25) is 0 Å². The lowest BCUT2D eigenvalue weighted by atomic mass is 10.2. The highest BCUT2D eigenvalue weighted by molar-refractivity contribution is 6.41. The van der Waals surface area contributed by atoms with Crippen LogP contribution in [0.25, 0.3) is 0 Å². The van der Waals surface area contributed by atoms with Gasteiger partial charge in [-0.15, -0.1) is 0 Å². The van der Waals surface area contributed by atoms with Crippen molar-refractivity contribution in [2.24, 2.45) is 7.05 Å². The Kier molecular flexibility index (Phi) is 5.34. The highest BCUT2D eigenvalue weighted by Crippen LogP contribution is 2.25. The molecule has 0 saturated carbocycles. The van der Waals surface area contributed by atoms with Crippen molar-refractivity contribution in [2.75, 3.05) is 5.32 Å². The van der Waals surface area contributed by atoms with Crippen molar-refractivity contribution in [3.63, 3.8) is 0 Å². The average molecular weight is 355 g/mol. The van der Waals surface area contributed by atoms with Crippen LogP contribution in [0.3, 0.4) is 0 Å². The smallest absolute Gasteiger partial charge is 0.355 e. The Labute approximate surface area is 144 Å². The number of amides is 1. The molecule has 0 aliphatic carbocycles. The fraction of sp³-hybridized carbons (Fsp3) is 0.250. The van der Waals surface area contributed by atoms with E-state index >= 15 is 0 Å². The number of carbonyl (C=O) groups is 2. The number of aromatic nitrogens is 1. The third-order valence-corrected chi connectivity index (χ3v) is 4.14. The van der Waals surface area contributed by atoms with E-state index in [0.29, 0.717) is 5.69 Å². The van der Waals surface area contributed by atoms with Crippen LogP contribution in [-0.4, -0.2) is 22.5 Å². The third kappa shape index (κ3) is 4.06. The molecule has 0 spiro atoms. The van der Waals surface area contributed by atoms with Crippen molar-refractivity contribution >= 4 is 40.8 Å². The van der Waals surface area contributed by atoms with E-state index in [4.69, 9.17) is 27.9 Å². The summed E-state index contributed by atoms with van der Waals surface area (Å²) in [4.78, 5) is 24.2. The van der Waals surface area contributed by atoms with Crippen molar-refractivity contribution in [2.45, 2.75) is 20.0 Å². The van der Waals surface area contributed by atoms with Crippen LogP contribution in [0, 0.1) is 6.92 Å². The summed E-state index contributed by atoms with van der Waals surface area (Å²) in [5.74, 6) is -1.10. The molecule has 1 aromatic heterocycles. The van der Waals surface area contributed by atoms with Gasteiger partial charge in [0.1, 0.15) is 10.8 Å². The van der Waals surface area contributed by atoms with Crippen molar-refractivity contribution < 1.29 is 14.3 Å². The van der Waals surface area contributed by atoms with Crippen LogP contribution in [0.4, 0.5) is 5.69 Å². The summed E-state index contributed by atoms with van der Waals surface area (Å²) in [6, 6.07) is 8.70. The SMILES string of the molecule is Cc1ccc(NC(=O)[C@@H](C)OC(=O)c2cc(Cl)c(Cl)n2C)cc1. The molecule has 0 fully saturated rings. The zero-order chi connectivity index (χ0) is 17.1. The summed E-state index contributed by atoms with van der Waals surface area (Å²) in [6.45, 7) is 3.44. The van der Waals surface area contributed by atoms with E-state index in [1.165, 1.54) is 17.6 Å². The number of halogens is 2. The minimum atomic E-state index is -0.962. The maximum Gasteiger partial charge on any atom is 0.355 e. The van der Waals surface area contributed by atoms with Crippen LogP contribution in [0.1, 0.15) is 23.0 Å². The second-order valence-corrected chi connectivity index (χ2v) is 5.90. The summed E-state index contributed by atoms with van der Waals surface area (Å²) >= 11 is 11.8. The molecule has 2 aromatic rings. The first-order chi connectivity index (χ1) is 10.8. The first-order valence-electron chi connectivity index (χ1n) is 6.89. The van der Waals surface area contributed by atoms with Gasteiger partial charge in [0.05, 0.1) is 5.02 Å². The van der Waals surface area contributed by atoms with E-state index in [-0.39, 0.29) is 15.9 Å². The molecule has 2 rings (SSSR count). The normalized spacial score (nSPS) is 11.9. The topological polar surface area (TPSA) is 60.3 Å². The Morgan fingerprint density at radius 2 is 1.83 bits per heavy atom. The van der Waals surface area contributed by atoms with Gasteiger partial charge in [0, 0.05) is 12.7 Å². The van der Waals surface area contributed by atoms with Crippen LogP contribution in [0.15, 0.2) is 30.3 Å². The minimum absolute atomic E-state index is 0.176. The molecule has 0 saturated heterocycles. The molecule has 23 heavy (non-hydrogen) atoms.